The van der Waals surface area contributed by atoms with Crippen molar-refractivity contribution in [2.24, 2.45) is 5.92 Å². The Morgan fingerprint density at radius 3 is 1.83 bits per heavy atom. The van der Waals surface area contributed by atoms with Crippen LogP contribution < -0.4 is 0 Å². The molecule has 1 unspecified atom stereocenters. The molecule has 2 rings (SSSR count). The van der Waals surface area contributed by atoms with Gasteiger partial charge in [0.15, 0.2) is 0 Å². The van der Waals surface area contributed by atoms with E-state index in [4.69, 9.17) is 9.84 Å². The maximum absolute atomic E-state index is 8.51. The highest BCUT2D eigenvalue weighted by atomic mass is 16.6. The number of aliphatic hydroxyl groups excluding tert-OH is 1. The minimum Gasteiger partial charge on any atom is -0.396 e. The zero-order valence-electron chi connectivity index (χ0n) is 12.5. The number of unbranched alkanes of at least 4 members (excludes halogenated alkanes) is 4. The molecular weight excluding hydrogens is 228 g/mol. The van der Waals surface area contributed by atoms with Crippen LogP contribution >= 0.6 is 0 Å². The molecule has 0 spiro atoms. The van der Waals surface area contributed by atoms with Gasteiger partial charge in [0.25, 0.3) is 0 Å². The Balaban J connectivity index is 0.000000325. The van der Waals surface area contributed by atoms with Gasteiger partial charge in [-0.1, -0.05) is 46.0 Å². The van der Waals surface area contributed by atoms with Gasteiger partial charge in [-0.15, -0.1) is 0 Å². The summed E-state index contributed by atoms with van der Waals surface area (Å²) in [5.41, 5.74) is 0. The molecule has 0 aromatic carbocycles. The van der Waals surface area contributed by atoms with Crippen molar-refractivity contribution in [3.8, 4) is 0 Å². The number of rotatable bonds is 7. The van der Waals surface area contributed by atoms with Gasteiger partial charge < -0.3 is 14.6 Å². The van der Waals surface area contributed by atoms with E-state index in [-0.39, 0.29) is 0 Å². The summed E-state index contributed by atoms with van der Waals surface area (Å²) >= 11 is 0. The minimum absolute atomic E-state index is 0.365. The molecule has 0 radical (unpaired) electrons. The van der Waals surface area contributed by atoms with Crippen LogP contribution in [0.25, 0.3) is 0 Å². The molecule has 2 saturated heterocycles. The fourth-order valence-corrected chi connectivity index (χ4v) is 1.29. The van der Waals surface area contributed by atoms with Crippen molar-refractivity contribution in [1.29, 1.82) is 0 Å². The Kier molecular flexibility index (Phi) is 13.2. The zero-order chi connectivity index (χ0) is 13.6. The number of ether oxygens (including phenoxy) is 2. The summed E-state index contributed by atoms with van der Waals surface area (Å²) in [6.07, 6.45) is 8.14. The number of hydrogen-bond acceptors (Lipinski definition) is 3. The number of hydrogen-bond donors (Lipinski definition) is 1. The van der Waals surface area contributed by atoms with Crippen molar-refractivity contribution < 1.29 is 14.6 Å². The van der Waals surface area contributed by atoms with Gasteiger partial charge in [-0.3, -0.25) is 0 Å². The van der Waals surface area contributed by atoms with Crippen LogP contribution in [0.1, 0.15) is 59.3 Å². The lowest BCUT2D eigenvalue weighted by molar-refractivity contribution is 0.282. The van der Waals surface area contributed by atoms with Gasteiger partial charge in [0, 0.05) is 6.61 Å². The third kappa shape index (κ3) is 24.9. The van der Waals surface area contributed by atoms with Crippen LogP contribution in [0.3, 0.4) is 0 Å². The van der Waals surface area contributed by atoms with Gasteiger partial charge in [0.2, 0.25) is 0 Å². The van der Waals surface area contributed by atoms with E-state index >= 15 is 0 Å². The molecule has 0 amide bonds. The predicted molar refractivity (Wildman–Crippen MR) is 75.9 cm³/mol. The highest BCUT2D eigenvalue weighted by Crippen LogP contribution is 2.09. The Labute approximate surface area is 113 Å². The maximum atomic E-state index is 8.51. The van der Waals surface area contributed by atoms with E-state index in [2.05, 4.69) is 25.5 Å². The SMILES string of the molecule is C1CO1.CC(C)CCCCCCCO.CC1CO1. The lowest BCUT2D eigenvalue weighted by Gasteiger charge is -2.03. The first-order valence-corrected chi connectivity index (χ1v) is 7.47. The number of epoxide rings is 2. The molecule has 2 fully saturated rings. The van der Waals surface area contributed by atoms with E-state index in [1.165, 1.54) is 32.1 Å². The maximum Gasteiger partial charge on any atom is 0.0781 e. The van der Waals surface area contributed by atoms with E-state index in [1.54, 1.807) is 0 Å². The first-order chi connectivity index (χ1) is 8.66. The molecule has 0 aromatic rings. The molecule has 0 saturated carbocycles. The highest BCUT2D eigenvalue weighted by molar-refractivity contribution is 4.58. The van der Waals surface area contributed by atoms with Crippen LogP contribution in [-0.4, -0.2) is 37.6 Å². The third-order valence-corrected chi connectivity index (χ3v) is 2.64. The van der Waals surface area contributed by atoms with Gasteiger partial charge in [-0.2, -0.15) is 0 Å². The largest absolute Gasteiger partial charge is 0.396 e. The molecule has 0 aliphatic carbocycles. The van der Waals surface area contributed by atoms with Crippen LogP contribution in [0.4, 0.5) is 0 Å². The first-order valence-electron chi connectivity index (χ1n) is 7.47. The fraction of sp³-hybridized carbons (Fsp3) is 1.00. The smallest absolute Gasteiger partial charge is 0.0781 e. The Morgan fingerprint density at radius 1 is 1.06 bits per heavy atom. The molecule has 1 atom stereocenters. The summed E-state index contributed by atoms with van der Waals surface area (Å²) in [4.78, 5) is 0. The lowest BCUT2D eigenvalue weighted by atomic mass is 10.0. The van der Waals surface area contributed by atoms with Crippen molar-refractivity contribution in [1.82, 2.24) is 0 Å². The second-order valence-corrected chi connectivity index (χ2v) is 5.43. The van der Waals surface area contributed by atoms with Crippen LogP contribution in [0, 0.1) is 5.92 Å². The van der Waals surface area contributed by atoms with Gasteiger partial charge in [0.05, 0.1) is 25.9 Å². The van der Waals surface area contributed by atoms with Gasteiger partial charge in [-0.25, -0.2) is 0 Å². The van der Waals surface area contributed by atoms with E-state index in [0.717, 1.165) is 32.2 Å². The molecule has 18 heavy (non-hydrogen) atoms. The second kappa shape index (κ2) is 13.3. The summed E-state index contributed by atoms with van der Waals surface area (Å²) < 4.78 is 9.21. The van der Waals surface area contributed by atoms with Crippen molar-refractivity contribution in [2.75, 3.05) is 26.4 Å². The van der Waals surface area contributed by atoms with E-state index < -0.39 is 0 Å². The minimum atomic E-state index is 0.365. The Morgan fingerprint density at radius 2 is 1.50 bits per heavy atom. The summed E-state index contributed by atoms with van der Waals surface area (Å²) in [6.45, 7) is 9.95. The van der Waals surface area contributed by atoms with Crippen LogP contribution in [-0.2, 0) is 9.47 Å². The molecule has 110 valence electrons. The third-order valence-electron chi connectivity index (χ3n) is 2.64. The van der Waals surface area contributed by atoms with E-state index in [1.807, 2.05) is 0 Å². The summed E-state index contributed by atoms with van der Waals surface area (Å²) in [5, 5.41) is 8.51. The number of aliphatic hydroxyl groups is 1. The monoisotopic (exact) mass is 260 g/mol. The molecule has 0 aromatic heterocycles. The lowest BCUT2D eigenvalue weighted by Crippen LogP contribution is -1.88. The van der Waals surface area contributed by atoms with Crippen LogP contribution in [0.5, 0.6) is 0 Å². The predicted octanol–water partition coefficient (Wildman–Crippen LogP) is 3.40. The average Bonchev–Trinajstić information content (AvgIpc) is 3.15. The molecule has 2 aliphatic rings. The quantitative estimate of drug-likeness (QED) is 0.563. The van der Waals surface area contributed by atoms with Crippen molar-refractivity contribution >= 4 is 0 Å². The second-order valence-electron chi connectivity index (χ2n) is 5.43. The van der Waals surface area contributed by atoms with Gasteiger partial charge >= 0.3 is 0 Å². The van der Waals surface area contributed by atoms with Crippen LogP contribution in [0.2, 0.25) is 0 Å². The first kappa shape index (κ1) is 17.9. The van der Waals surface area contributed by atoms with Gasteiger partial charge in [0.1, 0.15) is 0 Å². The fourth-order valence-electron chi connectivity index (χ4n) is 1.29. The van der Waals surface area contributed by atoms with Crippen molar-refractivity contribution in [3.05, 3.63) is 0 Å². The molecule has 2 aliphatic heterocycles. The topological polar surface area (TPSA) is 45.3 Å². The molecule has 2 heterocycles. The molecule has 3 nitrogen and oxygen atoms in total. The molecule has 1 N–H and O–H groups in total. The normalized spacial score (nSPS) is 19.5. The van der Waals surface area contributed by atoms with Crippen molar-refractivity contribution in [2.45, 2.75) is 65.4 Å². The van der Waals surface area contributed by atoms with E-state index in [0.29, 0.717) is 12.7 Å². The Hall–Kier alpha value is -0.120. The van der Waals surface area contributed by atoms with E-state index in [9.17, 15) is 0 Å². The molecule has 0 bridgehead atoms. The molecule has 3 heteroatoms. The van der Waals surface area contributed by atoms with Gasteiger partial charge in [-0.05, 0) is 19.3 Å². The summed E-state index contributed by atoms with van der Waals surface area (Å²) in [5.74, 6) is 0.854. The highest BCUT2D eigenvalue weighted by Gasteiger charge is 2.13. The molecular formula is C15H32O3. The Bertz CT molecular complexity index is 151. The average molecular weight is 260 g/mol. The standard InChI is InChI=1S/C10H22O.C3H6O.C2H4O/c1-10(2)8-6-4-3-5-7-9-11;1-3-2-4-3;1-2-3-1/h10-11H,3-9H2,1-2H3;3H,2H2,1H3;1-2H2. The summed E-state index contributed by atoms with van der Waals surface area (Å²) in [6, 6.07) is 0. The summed E-state index contributed by atoms with van der Waals surface area (Å²) in [7, 11) is 0. The zero-order valence-corrected chi connectivity index (χ0v) is 12.5. The van der Waals surface area contributed by atoms with Crippen LogP contribution in [0.15, 0.2) is 0 Å². The van der Waals surface area contributed by atoms with Crippen molar-refractivity contribution in [3.63, 3.8) is 0 Å².